The highest BCUT2D eigenvalue weighted by molar-refractivity contribution is 7.08. The second-order valence-electron chi connectivity index (χ2n) is 3.84. The van der Waals surface area contributed by atoms with E-state index in [2.05, 4.69) is 5.32 Å². The van der Waals surface area contributed by atoms with E-state index in [-0.39, 0.29) is 0 Å². The Morgan fingerprint density at radius 3 is 2.53 bits per heavy atom. The third-order valence-electron chi connectivity index (χ3n) is 2.49. The molecule has 2 N–H and O–H groups in total. The number of carboxylic acid groups (broad SMARTS) is 1. The van der Waals surface area contributed by atoms with E-state index in [0.29, 0.717) is 0 Å². The smallest absolute Gasteiger partial charge is 0.330 e. The van der Waals surface area contributed by atoms with Gasteiger partial charge in [-0.15, -0.1) is 0 Å². The Morgan fingerprint density at radius 1 is 1.29 bits per heavy atom. The molecule has 0 bridgehead atoms. The zero-order valence-corrected chi connectivity index (χ0v) is 10.2. The maximum atomic E-state index is 11.2. The normalized spacial score (nSPS) is 12.1. The van der Waals surface area contributed by atoms with Crippen molar-refractivity contribution in [3.63, 3.8) is 0 Å². The summed E-state index contributed by atoms with van der Waals surface area (Å²) in [6.07, 6.45) is 0. The van der Waals surface area contributed by atoms with Gasteiger partial charge < -0.3 is 10.4 Å². The van der Waals surface area contributed by atoms with Gasteiger partial charge in [-0.05, 0) is 41.4 Å². The second-order valence-corrected chi connectivity index (χ2v) is 4.62. The van der Waals surface area contributed by atoms with Gasteiger partial charge >= 0.3 is 5.97 Å². The number of aryl methyl sites for hydroxylation is 1. The highest BCUT2D eigenvalue weighted by atomic mass is 32.1. The van der Waals surface area contributed by atoms with E-state index in [9.17, 15) is 9.90 Å². The van der Waals surface area contributed by atoms with Crippen LogP contribution in [-0.2, 0) is 4.79 Å². The lowest BCUT2D eigenvalue weighted by atomic mass is 10.1. The molecule has 1 aromatic carbocycles. The lowest BCUT2D eigenvalue weighted by Crippen LogP contribution is -2.19. The Morgan fingerprint density at radius 2 is 2.00 bits per heavy atom. The highest BCUT2D eigenvalue weighted by Crippen LogP contribution is 2.22. The first kappa shape index (κ1) is 11.7. The first-order valence-electron chi connectivity index (χ1n) is 5.25. The SMILES string of the molecule is Cc1ccc(NC(C(=O)O)c2ccsc2)cc1. The van der Waals surface area contributed by atoms with Crippen LogP contribution in [0.3, 0.4) is 0 Å². The van der Waals surface area contributed by atoms with Crippen LogP contribution in [0.4, 0.5) is 5.69 Å². The average Bonchev–Trinajstić information content (AvgIpc) is 2.81. The van der Waals surface area contributed by atoms with Crippen molar-refractivity contribution in [1.82, 2.24) is 0 Å². The van der Waals surface area contributed by atoms with E-state index < -0.39 is 12.0 Å². The van der Waals surface area contributed by atoms with E-state index in [1.165, 1.54) is 11.3 Å². The van der Waals surface area contributed by atoms with E-state index in [1.54, 1.807) is 0 Å². The number of thiophene rings is 1. The number of aliphatic carboxylic acids is 1. The molecule has 1 atom stereocenters. The molecule has 0 aliphatic heterocycles. The first-order valence-corrected chi connectivity index (χ1v) is 6.19. The van der Waals surface area contributed by atoms with Gasteiger partial charge in [-0.3, -0.25) is 0 Å². The molecule has 3 nitrogen and oxygen atoms in total. The Kier molecular flexibility index (Phi) is 3.44. The Balaban J connectivity index is 2.19. The summed E-state index contributed by atoms with van der Waals surface area (Å²) in [4.78, 5) is 11.2. The topological polar surface area (TPSA) is 49.3 Å². The number of hydrogen-bond donors (Lipinski definition) is 2. The van der Waals surface area contributed by atoms with Crippen LogP contribution < -0.4 is 5.32 Å². The molecule has 0 radical (unpaired) electrons. The number of nitrogens with one attached hydrogen (secondary N) is 1. The van der Waals surface area contributed by atoms with Gasteiger partial charge in [-0.2, -0.15) is 11.3 Å². The van der Waals surface area contributed by atoms with Gasteiger partial charge in [0.15, 0.2) is 6.04 Å². The number of anilines is 1. The quantitative estimate of drug-likeness (QED) is 0.871. The molecule has 0 aliphatic rings. The molecule has 0 saturated heterocycles. The minimum atomic E-state index is -0.871. The van der Waals surface area contributed by atoms with E-state index in [1.807, 2.05) is 48.0 Å². The fourth-order valence-corrected chi connectivity index (χ4v) is 2.23. The molecule has 1 unspecified atom stereocenters. The summed E-state index contributed by atoms with van der Waals surface area (Å²) in [5, 5.41) is 15.9. The Hall–Kier alpha value is -1.81. The van der Waals surface area contributed by atoms with Gasteiger partial charge in [0.25, 0.3) is 0 Å². The maximum Gasteiger partial charge on any atom is 0.330 e. The minimum absolute atomic E-state index is 0.691. The van der Waals surface area contributed by atoms with E-state index >= 15 is 0 Å². The first-order chi connectivity index (χ1) is 8.16. The van der Waals surface area contributed by atoms with Crippen LogP contribution in [0.5, 0.6) is 0 Å². The number of hydrogen-bond acceptors (Lipinski definition) is 3. The van der Waals surface area contributed by atoms with Crippen molar-refractivity contribution in [2.75, 3.05) is 5.32 Å². The monoisotopic (exact) mass is 247 g/mol. The molecule has 17 heavy (non-hydrogen) atoms. The second kappa shape index (κ2) is 5.01. The van der Waals surface area contributed by atoms with Crippen LogP contribution in [0.1, 0.15) is 17.2 Å². The Bertz CT molecular complexity index is 491. The van der Waals surface area contributed by atoms with Crippen LogP contribution >= 0.6 is 11.3 Å². The summed E-state index contributed by atoms with van der Waals surface area (Å²) in [6.45, 7) is 2.00. The van der Waals surface area contributed by atoms with Crippen LogP contribution in [0.2, 0.25) is 0 Å². The molecule has 4 heteroatoms. The molecule has 0 fully saturated rings. The number of carbonyl (C=O) groups is 1. The van der Waals surface area contributed by atoms with Crippen molar-refractivity contribution in [3.05, 3.63) is 52.2 Å². The van der Waals surface area contributed by atoms with Crippen LogP contribution in [-0.4, -0.2) is 11.1 Å². The van der Waals surface area contributed by atoms with Crippen molar-refractivity contribution in [1.29, 1.82) is 0 Å². The molecule has 0 saturated carbocycles. The maximum absolute atomic E-state index is 11.2. The van der Waals surface area contributed by atoms with Gasteiger partial charge in [0.05, 0.1) is 0 Å². The van der Waals surface area contributed by atoms with Crippen molar-refractivity contribution in [3.8, 4) is 0 Å². The summed E-state index contributed by atoms with van der Waals surface area (Å²) in [6, 6.07) is 8.81. The zero-order valence-electron chi connectivity index (χ0n) is 9.38. The molecule has 0 aliphatic carbocycles. The molecule has 0 spiro atoms. The van der Waals surface area contributed by atoms with Gasteiger partial charge in [-0.25, -0.2) is 4.79 Å². The Labute approximate surface area is 104 Å². The largest absolute Gasteiger partial charge is 0.479 e. The van der Waals surface area contributed by atoms with Gasteiger partial charge in [0.2, 0.25) is 0 Å². The summed E-state index contributed by atoms with van der Waals surface area (Å²) in [5.74, 6) is -0.871. The summed E-state index contributed by atoms with van der Waals surface area (Å²) in [7, 11) is 0. The van der Waals surface area contributed by atoms with Crippen molar-refractivity contribution in [2.45, 2.75) is 13.0 Å². The van der Waals surface area contributed by atoms with Gasteiger partial charge in [0.1, 0.15) is 0 Å². The molecule has 1 aromatic heterocycles. The third-order valence-corrected chi connectivity index (χ3v) is 3.19. The van der Waals surface area contributed by atoms with Gasteiger partial charge in [0, 0.05) is 5.69 Å². The molecule has 0 amide bonds. The molecule has 1 heterocycles. The van der Waals surface area contributed by atoms with Crippen LogP contribution in [0.25, 0.3) is 0 Å². The van der Waals surface area contributed by atoms with E-state index in [0.717, 1.165) is 16.8 Å². The molecule has 88 valence electrons. The summed E-state index contributed by atoms with van der Waals surface area (Å²) < 4.78 is 0. The fourth-order valence-electron chi connectivity index (χ4n) is 1.54. The third kappa shape index (κ3) is 2.85. The average molecular weight is 247 g/mol. The van der Waals surface area contributed by atoms with E-state index in [4.69, 9.17) is 0 Å². The van der Waals surface area contributed by atoms with Crippen molar-refractivity contribution >= 4 is 23.0 Å². The standard InChI is InChI=1S/C13H13NO2S/c1-9-2-4-11(5-3-9)14-12(13(15)16)10-6-7-17-8-10/h2-8,12,14H,1H3,(H,15,16). The molecule has 2 rings (SSSR count). The highest BCUT2D eigenvalue weighted by Gasteiger charge is 2.19. The number of rotatable bonds is 4. The van der Waals surface area contributed by atoms with Crippen molar-refractivity contribution < 1.29 is 9.90 Å². The summed E-state index contributed by atoms with van der Waals surface area (Å²) in [5.41, 5.74) is 2.75. The summed E-state index contributed by atoms with van der Waals surface area (Å²) >= 11 is 1.50. The predicted molar refractivity (Wildman–Crippen MR) is 69.5 cm³/mol. The molecular formula is C13H13NO2S. The lowest BCUT2D eigenvalue weighted by Gasteiger charge is -2.14. The predicted octanol–water partition coefficient (Wildman–Crippen LogP) is 3.29. The van der Waals surface area contributed by atoms with Gasteiger partial charge in [-0.1, -0.05) is 17.7 Å². The van der Waals surface area contributed by atoms with Crippen LogP contribution in [0, 0.1) is 6.92 Å². The molecule has 2 aromatic rings. The zero-order chi connectivity index (χ0) is 12.3. The fraction of sp³-hybridized carbons (Fsp3) is 0.154. The molecular weight excluding hydrogens is 234 g/mol. The number of benzene rings is 1. The number of carboxylic acids is 1. The van der Waals surface area contributed by atoms with Crippen molar-refractivity contribution in [2.24, 2.45) is 0 Å². The van der Waals surface area contributed by atoms with Crippen LogP contribution in [0.15, 0.2) is 41.1 Å². The lowest BCUT2D eigenvalue weighted by molar-refractivity contribution is -0.138. The minimum Gasteiger partial charge on any atom is -0.479 e.